The number of ether oxygens (including phenoxy) is 2. The van der Waals surface area contributed by atoms with Crippen LogP contribution in [0.2, 0.25) is 0 Å². The molecule has 4 rings (SSSR count). The molecule has 0 N–H and O–H groups in total. The zero-order chi connectivity index (χ0) is 27.6. The summed E-state index contributed by atoms with van der Waals surface area (Å²) in [4.78, 5) is 40.2. The molecule has 0 saturated carbocycles. The van der Waals surface area contributed by atoms with E-state index in [0.29, 0.717) is 22.3 Å². The van der Waals surface area contributed by atoms with E-state index in [1.165, 1.54) is 0 Å². The van der Waals surface area contributed by atoms with Gasteiger partial charge in [-0.15, -0.1) is 0 Å². The topological polar surface area (TPSA) is 69.7 Å². The highest BCUT2D eigenvalue weighted by atomic mass is 16.5. The third-order valence-corrected chi connectivity index (χ3v) is 7.10. The van der Waals surface area contributed by atoms with Gasteiger partial charge in [-0.25, -0.2) is 9.59 Å². The molecule has 0 aromatic heterocycles. The van der Waals surface area contributed by atoms with Crippen molar-refractivity contribution in [2.45, 2.75) is 41.5 Å². The highest BCUT2D eigenvalue weighted by Crippen LogP contribution is 2.36. The monoisotopic (exact) mass is 506 g/mol. The van der Waals surface area contributed by atoms with Gasteiger partial charge in [-0.2, -0.15) is 0 Å². The molecule has 0 fully saturated rings. The van der Waals surface area contributed by atoms with Gasteiger partial charge in [-0.05, 0) is 111 Å². The van der Waals surface area contributed by atoms with Crippen molar-refractivity contribution in [3.05, 3.63) is 128 Å². The first-order valence-corrected chi connectivity index (χ1v) is 12.4. The van der Waals surface area contributed by atoms with Crippen LogP contribution in [0.4, 0.5) is 0 Å². The lowest BCUT2D eigenvalue weighted by molar-refractivity contribution is 0.0724. The maximum Gasteiger partial charge on any atom is 0.343 e. The highest BCUT2D eigenvalue weighted by Gasteiger charge is 2.27. The molecule has 0 radical (unpaired) electrons. The second-order valence-corrected chi connectivity index (χ2v) is 9.48. The summed E-state index contributed by atoms with van der Waals surface area (Å²) in [5.74, 6) is -1.11. The van der Waals surface area contributed by atoms with Crippen LogP contribution in [0.15, 0.2) is 72.8 Å². The molecule has 38 heavy (non-hydrogen) atoms. The summed E-state index contributed by atoms with van der Waals surface area (Å²) in [6.07, 6.45) is 0. The van der Waals surface area contributed by atoms with Gasteiger partial charge in [0, 0.05) is 0 Å². The number of hydrogen-bond acceptors (Lipinski definition) is 5. The van der Waals surface area contributed by atoms with Crippen LogP contribution >= 0.6 is 0 Å². The first-order chi connectivity index (χ1) is 18.1. The van der Waals surface area contributed by atoms with E-state index in [1.54, 1.807) is 60.7 Å². The molecule has 0 saturated heterocycles. The fourth-order valence-electron chi connectivity index (χ4n) is 4.31. The van der Waals surface area contributed by atoms with Crippen LogP contribution in [0.3, 0.4) is 0 Å². The van der Waals surface area contributed by atoms with Gasteiger partial charge in [0.25, 0.3) is 0 Å². The minimum atomic E-state index is -0.557. The second-order valence-electron chi connectivity index (χ2n) is 9.48. The largest absolute Gasteiger partial charge is 0.422 e. The van der Waals surface area contributed by atoms with E-state index in [-0.39, 0.29) is 22.6 Å². The van der Waals surface area contributed by atoms with E-state index in [1.807, 2.05) is 53.7 Å². The van der Waals surface area contributed by atoms with Gasteiger partial charge < -0.3 is 9.47 Å². The summed E-state index contributed by atoms with van der Waals surface area (Å²) in [6, 6.07) is 20.7. The Morgan fingerprint density at radius 3 is 1.18 bits per heavy atom. The Morgan fingerprint density at radius 2 is 0.842 bits per heavy atom. The van der Waals surface area contributed by atoms with Crippen molar-refractivity contribution in [1.82, 2.24) is 0 Å². The fraction of sp³-hybridized carbons (Fsp3) is 0.182. The standard InChI is InChI=1S/C33H30O5/c1-19-17-27(30(23(5)21(19)3)37-32(35)25-13-9-7-10-14-25)29(34)28-18-20(2)22(4)24(6)31(28)38-33(36)26-15-11-8-12-16-26/h7-18H,1-6H3. The molecule has 0 bridgehead atoms. The van der Waals surface area contributed by atoms with E-state index < -0.39 is 17.7 Å². The van der Waals surface area contributed by atoms with Gasteiger partial charge in [0.1, 0.15) is 11.5 Å². The van der Waals surface area contributed by atoms with Gasteiger partial charge in [0.15, 0.2) is 0 Å². The van der Waals surface area contributed by atoms with Crippen molar-refractivity contribution in [2.24, 2.45) is 0 Å². The van der Waals surface area contributed by atoms with E-state index in [0.717, 1.165) is 22.3 Å². The second kappa shape index (κ2) is 10.9. The van der Waals surface area contributed by atoms with Gasteiger partial charge in [0.05, 0.1) is 22.3 Å². The Kier molecular flexibility index (Phi) is 7.58. The van der Waals surface area contributed by atoms with Crippen molar-refractivity contribution in [2.75, 3.05) is 0 Å². The zero-order valence-corrected chi connectivity index (χ0v) is 22.5. The molecular formula is C33H30O5. The maximum absolute atomic E-state index is 14.2. The highest BCUT2D eigenvalue weighted by molar-refractivity contribution is 6.14. The Hall–Kier alpha value is -4.51. The zero-order valence-electron chi connectivity index (χ0n) is 22.5. The van der Waals surface area contributed by atoms with Gasteiger partial charge >= 0.3 is 11.9 Å². The molecule has 0 aliphatic rings. The van der Waals surface area contributed by atoms with Crippen LogP contribution < -0.4 is 9.47 Å². The molecule has 0 unspecified atom stereocenters. The van der Waals surface area contributed by atoms with Crippen molar-refractivity contribution < 1.29 is 23.9 Å². The van der Waals surface area contributed by atoms with E-state index >= 15 is 0 Å². The number of rotatable bonds is 6. The number of aryl methyl sites for hydroxylation is 2. The molecule has 5 nitrogen and oxygen atoms in total. The van der Waals surface area contributed by atoms with Crippen LogP contribution in [0, 0.1) is 41.5 Å². The first kappa shape index (κ1) is 26.6. The molecule has 192 valence electrons. The minimum absolute atomic E-state index is 0.197. The van der Waals surface area contributed by atoms with E-state index in [2.05, 4.69) is 0 Å². The lowest BCUT2D eigenvalue weighted by atomic mass is 9.91. The summed E-state index contributed by atoms with van der Waals surface area (Å²) in [7, 11) is 0. The third kappa shape index (κ3) is 5.14. The quantitative estimate of drug-likeness (QED) is 0.157. The van der Waals surface area contributed by atoms with Gasteiger partial charge in [-0.3, -0.25) is 4.79 Å². The smallest absolute Gasteiger partial charge is 0.343 e. The number of esters is 2. The van der Waals surface area contributed by atoms with Crippen molar-refractivity contribution >= 4 is 17.7 Å². The third-order valence-electron chi connectivity index (χ3n) is 7.10. The Labute approximate surface area is 223 Å². The molecule has 0 atom stereocenters. The summed E-state index contributed by atoms with van der Waals surface area (Å²) in [5, 5.41) is 0. The van der Waals surface area contributed by atoms with Crippen LogP contribution in [-0.4, -0.2) is 17.7 Å². The first-order valence-electron chi connectivity index (χ1n) is 12.4. The number of carbonyl (C=O) groups is 3. The summed E-state index contributed by atoms with van der Waals surface area (Å²) >= 11 is 0. The van der Waals surface area contributed by atoms with Gasteiger partial charge in [0.2, 0.25) is 5.78 Å². The maximum atomic E-state index is 14.2. The number of benzene rings is 4. The molecule has 0 heterocycles. The van der Waals surface area contributed by atoms with Crippen molar-refractivity contribution in [3.63, 3.8) is 0 Å². The molecule has 0 spiro atoms. The van der Waals surface area contributed by atoms with Crippen LogP contribution in [0.5, 0.6) is 11.5 Å². The average molecular weight is 507 g/mol. The van der Waals surface area contributed by atoms with Crippen LogP contribution in [0.25, 0.3) is 0 Å². The molecule has 0 aliphatic carbocycles. The number of carbonyl (C=O) groups excluding carboxylic acids is 3. The Morgan fingerprint density at radius 1 is 0.500 bits per heavy atom. The lowest BCUT2D eigenvalue weighted by Crippen LogP contribution is -2.17. The summed E-state index contributed by atoms with van der Waals surface area (Å²) < 4.78 is 11.7. The predicted molar refractivity (Wildman–Crippen MR) is 148 cm³/mol. The molecule has 4 aromatic carbocycles. The lowest BCUT2D eigenvalue weighted by Gasteiger charge is -2.19. The summed E-state index contributed by atoms with van der Waals surface area (Å²) in [6.45, 7) is 11.3. The molecular weight excluding hydrogens is 476 g/mol. The van der Waals surface area contributed by atoms with E-state index in [9.17, 15) is 14.4 Å². The normalized spacial score (nSPS) is 10.7. The average Bonchev–Trinajstić information content (AvgIpc) is 2.93. The Bertz CT molecular complexity index is 1430. The predicted octanol–water partition coefficient (Wildman–Crippen LogP) is 7.21. The Balaban J connectivity index is 1.84. The van der Waals surface area contributed by atoms with Crippen molar-refractivity contribution in [1.29, 1.82) is 0 Å². The van der Waals surface area contributed by atoms with Gasteiger partial charge in [-0.1, -0.05) is 36.4 Å². The summed E-state index contributed by atoms with van der Waals surface area (Å²) in [5.41, 5.74) is 6.22. The molecule has 5 heteroatoms. The fourth-order valence-corrected chi connectivity index (χ4v) is 4.31. The van der Waals surface area contributed by atoms with Crippen LogP contribution in [-0.2, 0) is 0 Å². The molecule has 0 aliphatic heterocycles. The van der Waals surface area contributed by atoms with Crippen molar-refractivity contribution in [3.8, 4) is 11.5 Å². The number of ketones is 1. The molecule has 4 aromatic rings. The van der Waals surface area contributed by atoms with E-state index in [4.69, 9.17) is 9.47 Å². The molecule has 0 amide bonds. The van der Waals surface area contributed by atoms with Crippen LogP contribution in [0.1, 0.15) is 70.0 Å². The minimum Gasteiger partial charge on any atom is -0.422 e. The number of hydrogen-bond donors (Lipinski definition) is 0. The SMILES string of the molecule is Cc1cc(C(=O)c2cc(C)c(C)c(C)c2OC(=O)c2ccccc2)c(OC(=O)c2ccccc2)c(C)c1C.